The number of para-hydroxylation sites is 2. The molecule has 7 atom stereocenters. The number of imide groups is 1. The molecule has 12 rings (SSSR count). The smallest absolute Gasteiger partial charge is 0.329 e. The fourth-order valence-corrected chi connectivity index (χ4v) is 11.9. The van der Waals surface area contributed by atoms with Crippen LogP contribution in [0.2, 0.25) is 0 Å². The van der Waals surface area contributed by atoms with Crippen molar-refractivity contribution in [2.24, 2.45) is 5.92 Å². The van der Waals surface area contributed by atoms with Gasteiger partial charge in [0.05, 0.1) is 45.5 Å². The molecule has 0 unspecified atom stereocenters. The summed E-state index contributed by atoms with van der Waals surface area (Å²) in [5.74, 6) is 2.72. The van der Waals surface area contributed by atoms with E-state index in [4.69, 9.17) is 9.72 Å². The van der Waals surface area contributed by atoms with Gasteiger partial charge in [-0.05, 0) is 89.3 Å². The zero-order valence-electron chi connectivity index (χ0n) is 39.1. The first-order valence-corrected chi connectivity index (χ1v) is 24.7. The molecule has 15 heteroatoms. The SMILES string of the molecule is C[C@@H](NC(=O)N1C(=O)[C@@]2(c3cc(C#CCn4nnc5ccccc54)ccc31)[C@H](C(=O)Nc1nc3ccccc3s1)[C@H]1C(=O)O[C@H](c3ccccc3)[C@H](c3ccccc3)N1[C@@H]2c1ccc(O)cc1)c1ccccc1. The van der Waals surface area contributed by atoms with Crippen LogP contribution in [0.4, 0.5) is 15.6 Å². The topological polar surface area (TPSA) is 172 Å². The number of fused-ring (bicyclic) bond motifs is 5. The van der Waals surface area contributed by atoms with Crippen molar-refractivity contribution in [2.45, 2.75) is 49.2 Å². The number of cyclic esters (lactones) is 1. The molecular formula is C58H44N8O6S. The minimum Gasteiger partial charge on any atom is -0.508 e. The summed E-state index contributed by atoms with van der Waals surface area (Å²) in [6.45, 7) is 2.01. The van der Waals surface area contributed by atoms with E-state index in [1.807, 2.05) is 151 Å². The zero-order chi connectivity index (χ0) is 49.8. The van der Waals surface area contributed by atoms with Gasteiger partial charge in [0.25, 0.3) is 0 Å². The van der Waals surface area contributed by atoms with Crippen LogP contribution in [0.25, 0.3) is 21.3 Å². The predicted octanol–water partition coefficient (Wildman–Crippen LogP) is 9.57. The summed E-state index contributed by atoms with van der Waals surface area (Å²) < 4.78 is 9.13. The molecule has 3 N–H and O–H groups in total. The van der Waals surface area contributed by atoms with E-state index < -0.39 is 65.4 Å². The highest BCUT2D eigenvalue weighted by Gasteiger charge is 2.75. The van der Waals surface area contributed by atoms with Crippen LogP contribution in [-0.2, 0) is 31.1 Å². The van der Waals surface area contributed by atoms with Crippen LogP contribution in [0.5, 0.6) is 5.75 Å². The van der Waals surface area contributed by atoms with E-state index in [0.29, 0.717) is 27.8 Å². The second-order valence-corrected chi connectivity index (χ2v) is 19.4. The molecule has 2 fully saturated rings. The van der Waals surface area contributed by atoms with E-state index in [-0.39, 0.29) is 23.1 Å². The summed E-state index contributed by atoms with van der Waals surface area (Å²) in [4.78, 5) is 71.3. The molecule has 7 aromatic carbocycles. The van der Waals surface area contributed by atoms with Gasteiger partial charge in [0.2, 0.25) is 11.8 Å². The number of rotatable bonds is 8. The number of benzene rings is 7. The molecular weight excluding hydrogens is 937 g/mol. The van der Waals surface area contributed by atoms with Crippen molar-refractivity contribution >= 4 is 67.2 Å². The standard InChI is InChI=1S/C58H44N8O6S/c1-35(37-17-5-2-6-18-37)59-57(71)65-45-32-27-36(16-15-33-64-46-25-13-11-23-43(46)62-63-64)34-42(45)58(55(65)70)48(53(68)61-56-60-44-24-12-14-26-47(44)73-56)50-54(69)72-51(39-21-9-4-10-22-39)49(38-19-7-3-8-20-38)66(50)52(58)40-28-30-41(67)31-29-40/h2-14,17-32,34-35,48-52,67H,33H2,1H3,(H,59,71)(H,60,61,68)/t35-,48+,49+,50+,51-,52-,58+/m1/s1. The summed E-state index contributed by atoms with van der Waals surface area (Å²) in [5, 5.41) is 25.8. The van der Waals surface area contributed by atoms with Gasteiger partial charge in [0.1, 0.15) is 35.4 Å². The van der Waals surface area contributed by atoms with Crippen LogP contribution >= 0.6 is 11.3 Å². The average Bonchev–Trinajstić information content (AvgIpc) is 4.21. The number of carbonyl (C=O) groups is 4. The van der Waals surface area contributed by atoms with Gasteiger partial charge in [-0.25, -0.2) is 19.4 Å². The molecule has 3 aliphatic heterocycles. The molecule has 1 spiro atoms. The number of phenols is 1. The third-order valence-corrected chi connectivity index (χ3v) is 15.2. The number of anilines is 2. The second-order valence-electron chi connectivity index (χ2n) is 18.3. The van der Waals surface area contributed by atoms with Gasteiger partial charge in [-0.1, -0.05) is 156 Å². The normalized spacial score (nSPS) is 21.5. The molecule has 4 amide bonds. The molecule has 358 valence electrons. The molecule has 0 aliphatic carbocycles. The number of thiazole rings is 1. The van der Waals surface area contributed by atoms with E-state index in [2.05, 4.69) is 32.8 Å². The number of urea groups is 1. The van der Waals surface area contributed by atoms with E-state index in [1.165, 1.54) is 23.5 Å². The van der Waals surface area contributed by atoms with Gasteiger partial charge in [-0.15, -0.1) is 5.10 Å². The zero-order valence-corrected chi connectivity index (χ0v) is 39.9. The first kappa shape index (κ1) is 45.2. The highest BCUT2D eigenvalue weighted by molar-refractivity contribution is 7.22. The van der Waals surface area contributed by atoms with Crippen LogP contribution < -0.4 is 15.5 Å². The van der Waals surface area contributed by atoms with Crippen LogP contribution in [0.1, 0.15) is 64.5 Å². The van der Waals surface area contributed by atoms with Crippen molar-refractivity contribution < 1.29 is 29.0 Å². The Morgan fingerprint density at radius 1 is 0.767 bits per heavy atom. The first-order chi connectivity index (χ1) is 35.7. The van der Waals surface area contributed by atoms with Crippen molar-refractivity contribution in [3.05, 3.63) is 215 Å². The number of hydrogen-bond donors (Lipinski definition) is 3. The van der Waals surface area contributed by atoms with E-state index in [9.17, 15) is 5.11 Å². The lowest BCUT2D eigenvalue weighted by Gasteiger charge is -2.46. The van der Waals surface area contributed by atoms with Gasteiger partial charge in [0, 0.05) is 5.56 Å². The number of amides is 4. The molecule has 73 heavy (non-hydrogen) atoms. The fraction of sp³-hybridized carbons (Fsp3) is 0.155. The van der Waals surface area contributed by atoms with Crippen molar-refractivity contribution in [2.75, 3.05) is 10.2 Å². The van der Waals surface area contributed by atoms with Crippen LogP contribution in [0, 0.1) is 17.8 Å². The molecule has 0 saturated carbocycles. The number of morpholine rings is 1. The Hall–Kier alpha value is -8.97. The summed E-state index contributed by atoms with van der Waals surface area (Å²) in [7, 11) is 0. The van der Waals surface area contributed by atoms with Crippen LogP contribution in [0.15, 0.2) is 182 Å². The monoisotopic (exact) mass is 980 g/mol. The number of aromatic hydroxyl groups is 1. The lowest BCUT2D eigenvalue weighted by atomic mass is 9.65. The van der Waals surface area contributed by atoms with E-state index in [1.54, 1.807) is 35.0 Å². The van der Waals surface area contributed by atoms with Gasteiger partial charge in [0.15, 0.2) is 5.13 Å². The predicted molar refractivity (Wildman–Crippen MR) is 276 cm³/mol. The van der Waals surface area contributed by atoms with Crippen molar-refractivity contribution in [3.8, 4) is 17.6 Å². The molecule has 2 aromatic heterocycles. The minimum atomic E-state index is -2.07. The molecule has 5 heterocycles. The minimum absolute atomic E-state index is 0.0379. The Balaban J connectivity index is 1.11. The maximum atomic E-state index is 16.7. The quantitative estimate of drug-likeness (QED) is 0.0984. The summed E-state index contributed by atoms with van der Waals surface area (Å²) in [5.41, 5.74) is 3.82. The maximum absolute atomic E-state index is 16.7. The van der Waals surface area contributed by atoms with Gasteiger partial charge in [-0.2, -0.15) is 0 Å². The Labute approximate surface area is 422 Å². The average molecular weight is 981 g/mol. The highest BCUT2D eigenvalue weighted by atomic mass is 32.1. The molecule has 0 bridgehead atoms. The Kier molecular flexibility index (Phi) is 11.3. The first-order valence-electron chi connectivity index (χ1n) is 23.8. The number of nitrogens with zero attached hydrogens (tertiary/aromatic N) is 6. The van der Waals surface area contributed by atoms with E-state index in [0.717, 1.165) is 31.8 Å². The van der Waals surface area contributed by atoms with Crippen molar-refractivity contribution in [1.82, 2.24) is 30.2 Å². The lowest BCUT2D eigenvalue weighted by molar-refractivity contribution is -0.177. The summed E-state index contributed by atoms with van der Waals surface area (Å²) >= 11 is 1.26. The second kappa shape index (κ2) is 18.3. The number of ether oxygens (including phenoxy) is 1. The number of carbonyl (C=O) groups excluding carboxylic acids is 4. The third kappa shape index (κ3) is 7.66. The van der Waals surface area contributed by atoms with Gasteiger partial charge in [-0.3, -0.25) is 19.3 Å². The summed E-state index contributed by atoms with van der Waals surface area (Å²) in [6.07, 6.45) is -0.928. The van der Waals surface area contributed by atoms with Crippen molar-refractivity contribution in [3.63, 3.8) is 0 Å². The molecule has 9 aromatic rings. The third-order valence-electron chi connectivity index (χ3n) is 14.2. The lowest BCUT2D eigenvalue weighted by Crippen LogP contribution is -2.55. The number of hydrogen-bond acceptors (Lipinski definition) is 11. The number of aromatic nitrogens is 4. The molecule has 14 nitrogen and oxygen atoms in total. The number of esters is 1. The molecule has 0 radical (unpaired) electrons. The number of phenolic OH excluding ortho intramolecular Hbond substituents is 1. The molecule has 2 saturated heterocycles. The number of nitrogens with one attached hydrogen (secondary N) is 2. The van der Waals surface area contributed by atoms with Crippen LogP contribution in [0.3, 0.4) is 0 Å². The maximum Gasteiger partial charge on any atom is 0.329 e. The van der Waals surface area contributed by atoms with Gasteiger partial charge < -0.3 is 20.5 Å². The van der Waals surface area contributed by atoms with Gasteiger partial charge >= 0.3 is 12.0 Å². The Bertz CT molecular complexity index is 3640. The highest BCUT2D eigenvalue weighted by Crippen LogP contribution is 2.66. The fourth-order valence-electron chi connectivity index (χ4n) is 11.1. The summed E-state index contributed by atoms with van der Waals surface area (Å²) in [6, 6.07) is 50.3. The Morgan fingerprint density at radius 3 is 2.18 bits per heavy atom. The van der Waals surface area contributed by atoms with Crippen LogP contribution in [-0.4, -0.2) is 59.8 Å². The van der Waals surface area contributed by atoms with Crippen molar-refractivity contribution in [1.29, 1.82) is 0 Å². The largest absolute Gasteiger partial charge is 0.508 e. The van der Waals surface area contributed by atoms with E-state index >= 15 is 19.2 Å². The molecule has 3 aliphatic rings. The Morgan fingerprint density at radius 2 is 1.44 bits per heavy atom.